The molecule has 0 bridgehead atoms. The minimum Gasteiger partial charge on any atom is -0.357 e. The molecule has 0 aromatic heterocycles. The number of piperazine rings is 1. The summed E-state index contributed by atoms with van der Waals surface area (Å²) in [6.45, 7) is 4.05. The van der Waals surface area contributed by atoms with E-state index in [9.17, 15) is 9.59 Å². The van der Waals surface area contributed by atoms with Gasteiger partial charge in [0.25, 0.3) is 11.8 Å². The van der Waals surface area contributed by atoms with Gasteiger partial charge in [-0.15, -0.1) is 0 Å². The summed E-state index contributed by atoms with van der Waals surface area (Å²) in [6, 6.07) is 14.7. The summed E-state index contributed by atoms with van der Waals surface area (Å²) in [5.41, 5.74) is 1.36. The van der Waals surface area contributed by atoms with Crippen molar-refractivity contribution in [1.82, 2.24) is 9.80 Å². The molecule has 6 nitrogen and oxygen atoms in total. The molecule has 1 heterocycles. The number of hydrogen-bond donors (Lipinski definition) is 1. The molecule has 1 atom stereocenters. The molecule has 1 unspecified atom stereocenters. The molecule has 1 aliphatic rings. The van der Waals surface area contributed by atoms with Crippen LogP contribution in [0.15, 0.2) is 48.5 Å². The first-order valence-corrected chi connectivity index (χ1v) is 10.6. The van der Waals surface area contributed by atoms with Crippen molar-refractivity contribution >= 4 is 40.7 Å². The molecule has 0 aliphatic carbocycles. The van der Waals surface area contributed by atoms with Crippen LogP contribution in [0.5, 0.6) is 0 Å². The fourth-order valence-electron chi connectivity index (χ4n) is 3.30. The number of hydrogen-bond acceptors (Lipinski definition) is 4. The minimum atomic E-state index is -1.05. The van der Waals surface area contributed by atoms with Crippen molar-refractivity contribution in [1.29, 1.82) is 0 Å². The first-order chi connectivity index (χ1) is 14.5. The van der Waals surface area contributed by atoms with E-state index in [1.807, 2.05) is 17.0 Å². The van der Waals surface area contributed by atoms with Crippen molar-refractivity contribution in [3.05, 3.63) is 64.7 Å². The summed E-state index contributed by atoms with van der Waals surface area (Å²) in [6.07, 6.45) is 0.963. The molecule has 2 aromatic rings. The van der Waals surface area contributed by atoms with Crippen LogP contribution in [0.3, 0.4) is 0 Å². The molecule has 8 heteroatoms. The number of halogens is 2. The van der Waals surface area contributed by atoms with Crippen LogP contribution in [0.2, 0.25) is 5.02 Å². The van der Waals surface area contributed by atoms with Crippen LogP contribution in [-0.4, -0.2) is 67.0 Å². The Morgan fingerprint density at radius 3 is 2.27 bits per heavy atom. The smallest absolute Gasteiger partial charge is 0.269 e. The zero-order valence-electron chi connectivity index (χ0n) is 16.8. The summed E-state index contributed by atoms with van der Waals surface area (Å²) < 4.78 is 4.76. The Bertz CT molecular complexity index is 851. The zero-order valence-corrected chi connectivity index (χ0v) is 18.3. The van der Waals surface area contributed by atoms with Gasteiger partial charge in [-0.25, -0.2) is 0 Å². The maximum absolute atomic E-state index is 12.8. The molecule has 0 spiro atoms. The van der Waals surface area contributed by atoms with Crippen LogP contribution in [0, 0.1) is 0 Å². The zero-order chi connectivity index (χ0) is 21.5. The molecule has 30 heavy (non-hydrogen) atoms. The maximum Gasteiger partial charge on any atom is 0.269 e. The lowest BCUT2D eigenvalue weighted by atomic mass is 10.1. The number of nitrogens with zero attached hydrogens (tertiary/aromatic N) is 2. The third-order valence-corrected chi connectivity index (χ3v) is 5.73. The highest BCUT2D eigenvalue weighted by molar-refractivity contribution is 6.31. The highest BCUT2D eigenvalue weighted by Crippen LogP contribution is 2.15. The Morgan fingerprint density at radius 2 is 1.67 bits per heavy atom. The van der Waals surface area contributed by atoms with Crippen LogP contribution in [0.25, 0.3) is 0 Å². The molecule has 1 fully saturated rings. The number of carbonyl (C=O) groups excluding carboxylic acids is 2. The SMILES string of the molecule is COC(Cl)C(=O)Nc1ccc(C(=O)N2CCN(CCc3ccc(Cl)cc3)CC2)cc1. The van der Waals surface area contributed by atoms with Gasteiger partial charge in [-0.3, -0.25) is 14.5 Å². The van der Waals surface area contributed by atoms with Gasteiger partial charge in [0.2, 0.25) is 5.56 Å². The van der Waals surface area contributed by atoms with Crippen molar-refractivity contribution in [2.24, 2.45) is 0 Å². The summed E-state index contributed by atoms with van der Waals surface area (Å²) in [5.74, 6) is -0.453. The number of carbonyl (C=O) groups is 2. The second-order valence-electron chi connectivity index (χ2n) is 7.13. The average molecular weight is 450 g/mol. The van der Waals surface area contributed by atoms with E-state index in [0.717, 1.165) is 31.1 Å². The Labute approximate surface area is 186 Å². The van der Waals surface area contributed by atoms with E-state index in [1.165, 1.54) is 12.7 Å². The summed E-state index contributed by atoms with van der Waals surface area (Å²) >= 11 is 11.6. The van der Waals surface area contributed by atoms with Crippen molar-refractivity contribution in [2.75, 3.05) is 45.2 Å². The number of rotatable bonds is 7. The molecule has 1 N–H and O–H groups in total. The topological polar surface area (TPSA) is 61.9 Å². The van der Waals surface area contributed by atoms with Crippen molar-refractivity contribution in [2.45, 2.75) is 12.0 Å². The predicted octanol–water partition coefficient (Wildman–Crippen LogP) is 3.49. The van der Waals surface area contributed by atoms with Crippen LogP contribution in [0.4, 0.5) is 5.69 Å². The molecule has 2 amide bonds. The largest absolute Gasteiger partial charge is 0.357 e. The molecule has 0 saturated carbocycles. The first kappa shape index (κ1) is 22.6. The highest BCUT2D eigenvalue weighted by atomic mass is 35.5. The quantitative estimate of drug-likeness (QED) is 0.657. The number of benzene rings is 2. The van der Waals surface area contributed by atoms with Crippen molar-refractivity contribution in [3.63, 3.8) is 0 Å². The highest BCUT2D eigenvalue weighted by Gasteiger charge is 2.22. The molecule has 0 radical (unpaired) electrons. The number of nitrogens with one attached hydrogen (secondary N) is 1. The van der Waals surface area contributed by atoms with Crippen LogP contribution in [-0.2, 0) is 16.0 Å². The van der Waals surface area contributed by atoms with Crippen LogP contribution >= 0.6 is 23.2 Å². The molecule has 3 rings (SSSR count). The Kier molecular flexibility index (Phi) is 8.10. The van der Waals surface area contributed by atoms with E-state index in [0.29, 0.717) is 24.3 Å². The fourth-order valence-corrected chi connectivity index (χ4v) is 3.48. The molecule has 160 valence electrons. The fraction of sp³-hybridized carbons (Fsp3) is 0.364. The molecule has 2 aromatic carbocycles. The molecular weight excluding hydrogens is 425 g/mol. The molecule has 1 saturated heterocycles. The normalized spacial score (nSPS) is 15.6. The van der Waals surface area contributed by atoms with E-state index in [4.69, 9.17) is 27.9 Å². The lowest BCUT2D eigenvalue weighted by Gasteiger charge is -2.34. The van der Waals surface area contributed by atoms with Gasteiger partial charge in [0.15, 0.2) is 0 Å². The average Bonchev–Trinajstić information content (AvgIpc) is 2.78. The van der Waals surface area contributed by atoms with E-state index in [-0.39, 0.29) is 5.91 Å². The second kappa shape index (κ2) is 10.8. The number of anilines is 1. The summed E-state index contributed by atoms with van der Waals surface area (Å²) in [5, 5.41) is 3.39. The van der Waals surface area contributed by atoms with Crippen molar-refractivity contribution < 1.29 is 14.3 Å². The minimum absolute atomic E-state index is 0.00246. The van der Waals surface area contributed by atoms with Crippen LogP contribution < -0.4 is 5.32 Å². The second-order valence-corrected chi connectivity index (χ2v) is 7.96. The monoisotopic (exact) mass is 449 g/mol. The number of methoxy groups -OCH3 is 1. The van der Waals surface area contributed by atoms with Gasteiger partial charge in [-0.05, 0) is 48.4 Å². The van der Waals surface area contributed by atoms with Gasteiger partial charge >= 0.3 is 0 Å². The van der Waals surface area contributed by atoms with Crippen LogP contribution in [0.1, 0.15) is 15.9 Å². The van der Waals surface area contributed by atoms with Gasteiger partial charge in [-0.2, -0.15) is 0 Å². The molecule has 1 aliphatic heterocycles. The molecular formula is C22H25Cl2N3O3. The Morgan fingerprint density at radius 1 is 1.03 bits per heavy atom. The first-order valence-electron chi connectivity index (χ1n) is 9.80. The lowest BCUT2D eigenvalue weighted by Crippen LogP contribution is -2.49. The van der Waals surface area contributed by atoms with Gasteiger partial charge < -0.3 is 15.0 Å². The third kappa shape index (κ3) is 6.19. The van der Waals surface area contributed by atoms with Gasteiger partial charge in [0.1, 0.15) is 0 Å². The van der Waals surface area contributed by atoms with E-state index >= 15 is 0 Å². The number of amides is 2. The number of ether oxygens (including phenoxy) is 1. The predicted molar refractivity (Wildman–Crippen MR) is 119 cm³/mol. The van der Waals surface area contributed by atoms with E-state index < -0.39 is 11.5 Å². The van der Waals surface area contributed by atoms with E-state index in [2.05, 4.69) is 22.3 Å². The van der Waals surface area contributed by atoms with Gasteiger partial charge in [-0.1, -0.05) is 35.3 Å². The summed E-state index contributed by atoms with van der Waals surface area (Å²) in [7, 11) is 1.36. The van der Waals surface area contributed by atoms with Crippen molar-refractivity contribution in [3.8, 4) is 0 Å². The standard InChI is InChI=1S/C22H25Cl2N3O3/c1-30-20(24)21(28)25-19-8-4-17(5-9-19)22(29)27-14-12-26(13-15-27)11-10-16-2-6-18(23)7-3-16/h2-9,20H,10-15H2,1H3,(H,25,28). The number of alkyl halides is 1. The Balaban J connectivity index is 1.46. The van der Waals surface area contributed by atoms with Gasteiger partial charge in [0.05, 0.1) is 0 Å². The van der Waals surface area contributed by atoms with E-state index in [1.54, 1.807) is 24.3 Å². The Hall–Kier alpha value is -2.12. The lowest BCUT2D eigenvalue weighted by molar-refractivity contribution is -0.121. The maximum atomic E-state index is 12.8. The summed E-state index contributed by atoms with van der Waals surface area (Å²) in [4.78, 5) is 28.8. The van der Waals surface area contributed by atoms with Gasteiger partial charge in [0, 0.05) is 56.1 Å². The third-order valence-electron chi connectivity index (χ3n) is 5.10.